The summed E-state index contributed by atoms with van der Waals surface area (Å²) in [5.41, 5.74) is 0.600. The monoisotopic (exact) mass is 726 g/mol. The summed E-state index contributed by atoms with van der Waals surface area (Å²) in [5, 5.41) is 13.7. The third-order valence-electron chi connectivity index (χ3n) is 9.41. The number of nitrogens with zero attached hydrogens (tertiary/aromatic N) is 3. The number of hydrogen-bond donors (Lipinski definition) is 2. The average Bonchev–Trinajstić information content (AvgIpc) is 3.81. The van der Waals surface area contributed by atoms with E-state index in [1.165, 1.54) is 12.1 Å². The number of imide groups is 1. The number of likely N-dealkylation sites (tertiary alicyclic amines) is 1. The van der Waals surface area contributed by atoms with Gasteiger partial charge in [0.05, 0.1) is 29.5 Å². The van der Waals surface area contributed by atoms with Gasteiger partial charge in [-0.25, -0.2) is 14.5 Å². The van der Waals surface area contributed by atoms with Crippen molar-refractivity contribution in [3.8, 4) is 0 Å². The molecule has 0 aliphatic carbocycles. The standard InChI is InChI=1S/C40H37F3N4O6/c41-40(42,43)31-18-9-7-16-28(31)30(24-34(48)47-22-23-53-39(47)52)36(38(50)51)45-35(27-14-5-2-6-15-27)29-17-8-10-19-32(29)44-37(49)33-20-11-21-46(33)25-26-12-3-1-4-13-26/h1-10,12-19,30,33,36H,11,20-25H2,(H,44,49)(H,50,51)/t30-,33+,36+/m1/s1. The lowest BCUT2D eigenvalue weighted by atomic mass is 9.84. The fourth-order valence-corrected chi connectivity index (χ4v) is 6.89. The van der Waals surface area contributed by atoms with Crippen LogP contribution in [0.25, 0.3) is 0 Å². The topological polar surface area (TPSA) is 129 Å². The molecule has 13 heteroatoms. The zero-order chi connectivity index (χ0) is 37.5. The molecule has 274 valence electrons. The van der Waals surface area contributed by atoms with E-state index >= 15 is 0 Å². The van der Waals surface area contributed by atoms with Crippen LogP contribution in [0, 0.1) is 0 Å². The first-order chi connectivity index (χ1) is 25.5. The van der Waals surface area contributed by atoms with E-state index in [2.05, 4.69) is 15.2 Å². The van der Waals surface area contributed by atoms with Crippen LogP contribution in [0.15, 0.2) is 114 Å². The maximum absolute atomic E-state index is 14.4. The summed E-state index contributed by atoms with van der Waals surface area (Å²) >= 11 is 0. The third kappa shape index (κ3) is 8.63. The van der Waals surface area contributed by atoms with Crippen molar-refractivity contribution in [2.24, 2.45) is 4.99 Å². The highest BCUT2D eigenvalue weighted by atomic mass is 19.4. The minimum absolute atomic E-state index is 0.0731. The number of hydrogen-bond acceptors (Lipinski definition) is 7. The number of carbonyl (C=O) groups is 4. The molecule has 0 bridgehead atoms. The van der Waals surface area contributed by atoms with Crippen LogP contribution in [-0.4, -0.2) is 76.3 Å². The maximum Gasteiger partial charge on any atom is 0.416 e. The van der Waals surface area contributed by atoms with Crippen molar-refractivity contribution >= 4 is 35.3 Å². The number of rotatable bonds is 12. The van der Waals surface area contributed by atoms with Gasteiger partial charge in [-0.3, -0.25) is 19.5 Å². The fourth-order valence-electron chi connectivity index (χ4n) is 6.89. The first-order valence-corrected chi connectivity index (χ1v) is 17.2. The molecular formula is C40H37F3N4O6. The van der Waals surface area contributed by atoms with Crippen LogP contribution in [-0.2, 0) is 31.8 Å². The Balaban J connectivity index is 1.42. The Hall–Kier alpha value is -5.82. The number of benzene rings is 4. The molecular weight excluding hydrogens is 689 g/mol. The molecule has 10 nitrogen and oxygen atoms in total. The second-order valence-electron chi connectivity index (χ2n) is 12.8. The first-order valence-electron chi connectivity index (χ1n) is 17.2. The van der Waals surface area contributed by atoms with Crippen LogP contribution in [0.2, 0.25) is 0 Å². The Kier molecular flexibility index (Phi) is 11.3. The summed E-state index contributed by atoms with van der Waals surface area (Å²) < 4.78 is 48.1. The number of alkyl halides is 3. The van der Waals surface area contributed by atoms with Gasteiger partial charge in [-0.2, -0.15) is 13.2 Å². The molecule has 0 unspecified atom stereocenters. The van der Waals surface area contributed by atoms with Gasteiger partial charge in [0, 0.05) is 30.0 Å². The van der Waals surface area contributed by atoms with E-state index in [9.17, 15) is 37.5 Å². The summed E-state index contributed by atoms with van der Waals surface area (Å²) in [7, 11) is 0. The number of cyclic esters (lactones) is 1. The molecule has 0 radical (unpaired) electrons. The summed E-state index contributed by atoms with van der Waals surface area (Å²) in [6, 6.07) is 26.9. The molecule has 2 aliphatic rings. The predicted molar refractivity (Wildman–Crippen MR) is 190 cm³/mol. The zero-order valence-electron chi connectivity index (χ0n) is 28.5. The van der Waals surface area contributed by atoms with Gasteiger partial charge in [-0.1, -0.05) is 97.1 Å². The number of ether oxygens (including phenoxy) is 1. The third-order valence-corrected chi connectivity index (χ3v) is 9.41. The van der Waals surface area contributed by atoms with Gasteiger partial charge in [-0.05, 0) is 42.6 Å². The molecule has 6 rings (SSSR count). The van der Waals surface area contributed by atoms with E-state index in [-0.39, 0.29) is 24.8 Å². The largest absolute Gasteiger partial charge is 0.480 e. The lowest BCUT2D eigenvalue weighted by Crippen LogP contribution is -2.39. The van der Waals surface area contributed by atoms with Crippen molar-refractivity contribution in [1.29, 1.82) is 0 Å². The average molecular weight is 727 g/mol. The molecule has 2 fully saturated rings. The van der Waals surface area contributed by atoms with Crippen molar-refractivity contribution in [2.45, 2.75) is 50.0 Å². The van der Waals surface area contributed by atoms with Crippen molar-refractivity contribution in [3.63, 3.8) is 0 Å². The normalized spacial score (nSPS) is 17.6. The minimum Gasteiger partial charge on any atom is -0.480 e. The van der Waals surface area contributed by atoms with E-state index in [4.69, 9.17) is 4.74 Å². The highest BCUT2D eigenvalue weighted by Gasteiger charge is 2.42. The maximum atomic E-state index is 14.4. The Morgan fingerprint density at radius 3 is 2.23 bits per heavy atom. The van der Waals surface area contributed by atoms with Crippen LogP contribution >= 0.6 is 0 Å². The first kappa shape index (κ1) is 37.0. The number of amides is 3. The Labute approximate surface area is 303 Å². The lowest BCUT2D eigenvalue weighted by Gasteiger charge is -2.27. The van der Waals surface area contributed by atoms with Crippen LogP contribution in [0.3, 0.4) is 0 Å². The minimum atomic E-state index is -4.90. The van der Waals surface area contributed by atoms with Gasteiger partial charge >= 0.3 is 18.2 Å². The van der Waals surface area contributed by atoms with Crippen molar-refractivity contribution in [1.82, 2.24) is 9.80 Å². The fraction of sp³-hybridized carbons (Fsp3) is 0.275. The van der Waals surface area contributed by atoms with E-state index in [1.807, 2.05) is 30.3 Å². The van der Waals surface area contributed by atoms with Gasteiger partial charge < -0.3 is 15.2 Å². The number of aliphatic carboxylic acids is 1. The summed E-state index contributed by atoms with van der Waals surface area (Å²) in [6.07, 6.45) is -5.21. The molecule has 3 amide bonds. The molecule has 2 saturated heterocycles. The predicted octanol–water partition coefficient (Wildman–Crippen LogP) is 6.75. The number of para-hydroxylation sites is 1. The number of halogens is 3. The van der Waals surface area contributed by atoms with Gasteiger partial charge in [0.2, 0.25) is 11.8 Å². The van der Waals surface area contributed by atoms with E-state index in [1.54, 1.807) is 54.6 Å². The van der Waals surface area contributed by atoms with Crippen molar-refractivity contribution in [2.75, 3.05) is 25.0 Å². The summed E-state index contributed by atoms with van der Waals surface area (Å²) in [4.78, 5) is 60.3. The number of nitrogens with one attached hydrogen (secondary N) is 1. The van der Waals surface area contributed by atoms with Gasteiger partial charge in [0.1, 0.15) is 6.61 Å². The molecule has 4 aromatic rings. The molecule has 0 saturated carbocycles. The highest BCUT2D eigenvalue weighted by molar-refractivity contribution is 6.18. The van der Waals surface area contributed by atoms with Crippen LogP contribution in [0.1, 0.15) is 53.0 Å². The van der Waals surface area contributed by atoms with Gasteiger partial charge in [-0.15, -0.1) is 0 Å². The molecule has 2 N–H and O–H groups in total. The zero-order valence-corrected chi connectivity index (χ0v) is 28.5. The molecule has 3 atom stereocenters. The Morgan fingerprint density at radius 1 is 0.887 bits per heavy atom. The number of carboxylic acid groups (broad SMARTS) is 1. The quantitative estimate of drug-likeness (QED) is 0.155. The van der Waals surface area contributed by atoms with Gasteiger partial charge in [0.15, 0.2) is 6.04 Å². The van der Waals surface area contributed by atoms with E-state index in [0.717, 1.165) is 35.6 Å². The van der Waals surface area contributed by atoms with Gasteiger partial charge in [0.25, 0.3) is 0 Å². The number of carboxylic acids is 1. The SMILES string of the molecule is O=C(O)[C@@H](N=C(c1ccccc1)c1ccccc1NC(=O)[C@@H]1CCCN1Cc1ccccc1)[C@H](CC(=O)N1CCOC1=O)c1ccccc1C(F)(F)F. The van der Waals surface area contributed by atoms with E-state index in [0.29, 0.717) is 29.8 Å². The van der Waals surface area contributed by atoms with Crippen molar-refractivity contribution < 1.29 is 42.2 Å². The molecule has 0 aromatic heterocycles. The second-order valence-corrected chi connectivity index (χ2v) is 12.8. The summed E-state index contributed by atoms with van der Waals surface area (Å²) in [6.45, 7) is 1.07. The number of anilines is 1. The number of carbonyl (C=O) groups excluding carboxylic acids is 3. The molecule has 2 aliphatic heterocycles. The Bertz CT molecular complexity index is 1990. The Morgan fingerprint density at radius 2 is 1.55 bits per heavy atom. The number of aliphatic imine (C=N–C) groups is 1. The van der Waals surface area contributed by atoms with Crippen LogP contribution < -0.4 is 5.32 Å². The van der Waals surface area contributed by atoms with Crippen molar-refractivity contribution in [3.05, 3.63) is 137 Å². The smallest absolute Gasteiger partial charge is 0.416 e. The lowest BCUT2D eigenvalue weighted by molar-refractivity contribution is -0.142. The molecule has 4 aromatic carbocycles. The molecule has 0 spiro atoms. The van der Waals surface area contributed by atoms with Crippen LogP contribution in [0.4, 0.5) is 23.7 Å². The molecule has 53 heavy (non-hydrogen) atoms. The highest BCUT2D eigenvalue weighted by Crippen LogP contribution is 2.39. The van der Waals surface area contributed by atoms with Crippen LogP contribution in [0.5, 0.6) is 0 Å². The second kappa shape index (κ2) is 16.2. The molecule has 2 heterocycles. The summed E-state index contributed by atoms with van der Waals surface area (Å²) in [5.74, 6) is -4.44. The van der Waals surface area contributed by atoms with E-state index < -0.39 is 59.7 Å².